The van der Waals surface area contributed by atoms with Crippen molar-refractivity contribution in [1.29, 1.82) is 5.26 Å². The number of furan rings is 1. The van der Waals surface area contributed by atoms with Crippen LogP contribution in [0, 0.1) is 11.3 Å². The summed E-state index contributed by atoms with van der Waals surface area (Å²) in [6.07, 6.45) is 1.58. The molecule has 0 saturated carbocycles. The van der Waals surface area contributed by atoms with E-state index in [9.17, 15) is 5.26 Å². The van der Waals surface area contributed by atoms with Crippen LogP contribution in [0.1, 0.15) is 23.6 Å². The maximum absolute atomic E-state index is 10.3. The number of ether oxygens (including phenoxy) is 4. The zero-order valence-corrected chi connectivity index (χ0v) is 25.8. The van der Waals surface area contributed by atoms with Crippen molar-refractivity contribution in [3.63, 3.8) is 0 Å². The van der Waals surface area contributed by atoms with Gasteiger partial charge < -0.3 is 23.4 Å². The topological polar surface area (TPSA) is 86.2 Å². The standard InChI is InChI=1S/C35H28Cl2N2O5/c1-4-42-31-18-23(17-30(37)34(31)43-21-22-5-11-26(36)12-6-22)20-39-35-29(19-38)32(24-7-13-27(40-2)14-8-24)33(44-35)25-9-15-28(41-3)16-10-25/h5-18,20H,4,21H2,1-3H3/b39-20+. The third-order valence-electron chi connectivity index (χ3n) is 6.69. The minimum Gasteiger partial charge on any atom is -0.497 e. The summed E-state index contributed by atoms with van der Waals surface area (Å²) >= 11 is 12.7. The highest BCUT2D eigenvalue weighted by Crippen LogP contribution is 2.43. The van der Waals surface area contributed by atoms with E-state index >= 15 is 0 Å². The van der Waals surface area contributed by atoms with Crippen molar-refractivity contribution in [2.45, 2.75) is 13.5 Å². The van der Waals surface area contributed by atoms with Crippen LogP contribution >= 0.6 is 23.2 Å². The molecule has 5 aromatic rings. The van der Waals surface area contributed by atoms with Crippen LogP contribution in [0.25, 0.3) is 22.5 Å². The molecule has 0 bridgehead atoms. The van der Waals surface area contributed by atoms with Gasteiger partial charge in [-0.1, -0.05) is 47.5 Å². The molecule has 0 spiro atoms. The number of methoxy groups -OCH3 is 2. The molecule has 0 radical (unpaired) electrons. The fraction of sp³-hybridized carbons (Fsp3) is 0.143. The molecule has 1 aromatic heterocycles. The summed E-state index contributed by atoms with van der Waals surface area (Å²) in [5.74, 6) is 2.94. The predicted molar refractivity (Wildman–Crippen MR) is 173 cm³/mol. The van der Waals surface area contributed by atoms with Crippen LogP contribution in [0.15, 0.2) is 94.3 Å². The Balaban J connectivity index is 1.52. The van der Waals surface area contributed by atoms with Crippen LogP contribution in [-0.4, -0.2) is 27.0 Å². The first kappa shape index (κ1) is 30.6. The van der Waals surface area contributed by atoms with Crippen molar-refractivity contribution in [2.75, 3.05) is 20.8 Å². The van der Waals surface area contributed by atoms with Gasteiger partial charge in [0.25, 0.3) is 0 Å². The lowest BCUT2D eigenvalue weighted by Crippen LogP contribution is -2.01. The Morgan fingerprint density at radius 2 is 1.48 bits per heavy atom. The van der Waals surface area contributed by atoms with Gasteiger partial charge >= 0.3 is 0 Å². The molecule has 7 nitrogen and oxygen atoms in total. The van der Waals surface area contributed by atoms with Crippen LogP contribution in [0.4, 0.5) is 5.88 Å². The molecule has 222 valence electrons. The molecule has 4 aromatic carbocycles. The van der Waals surface area contributed by atoms with E-state index in [4.69, 9.17) is 46.6 Å². The molecule has 44 heavy (non-hydrogen) atoms. The Labute approximate surface area is 265 Å². The smallest absolute Gasteiger partial charge is 0.238 e. The van der Waals surface area contributed by atoms with E-state index in [0.29, 0.717) is 56.5 Å². The van der Waals surface area contributed by atoms with Gasteiger partial charge in [-0.3, -0.25) is 0 Å². The van der Waals surface area contributed by atoms with E-state index in [-0.39, 0.29) is 18.1 Å². The van der Waals surface area contributed by atoms with Crippen molar-refractivity contribution in [1.82, 2.24) is 0 Å². The Kier molecular flexibility index (Phi) is 9.75. The van der Waals surface area contributed by atoms with Gasteiger partial charge in [0.15, 0.2) is 11.5 Å². The third kappa shape index (κ3) is 6.84. The molecule has 5 rings (SSSR count). The largest absolute Gasteiger partial charge is 0.497 e. The molecule has 0 atom stereocenters. The predicted octanol–water partition coefficient (Wildman–Crippen LogP) is 9.54. The van der Waals surface area contributed by atoms with E-state index < -0.39 is 0 Å². The Hall–Kier alpha value is -4.90. The summed E-state index contributed by atoms with van der Waals surface area (Å²) in [5, 5.41) is 11.3. The van der Waals surface area contributed by atoms with Crippen LogP contribution in [-0.2, 0) is 6.61 Å². The summed E-state index contributed by atoms with van der Waals surface area (Å²) in [5.41, 5.74) is 4.01. The Morgan fingerprint density at radius 1 is 0.841 bits per heavy atom. The second-order valence-electron chi connectivity index (χ2n) is 9.49. The maximum atomic E-state index is 10.3. The summed E-state index contributed by atoms with van der Waals surface area (Å²) < 4.78 is 28.8. The number of nitrogens with zero attached hydrogens (tertiary/aromatic N) is 2. The van der Waals surface area contributed by atoms with Crippen LogP contribution in [0.2, 0.25) is 10.0 Å². The van der Waals surface area contributed by atoms with Gasteiger partial charge in [-0.25, -0.2) is 4.99 Å². The number of hydrogen-bond donors (Lipinski definition) is 0. The van der Waals surface area contributed by atoms with Gasteiger partial charge in [-0.2, -0.15) is 5.26 Å². The first-order valence-corrected chi connectivity index (χ1v) is 14.4. The number of rotatable bonds is 11. The van der Waals surface area contributed by atoms with E-state index in [1.165, 1.54) is 0 Å². The molecule has 9 heteroatoms. The fourth-order valence-electron chi connectivity index (χ4n) is 4.53. The molecule has 0 unspecified atom stereocenters. The minimum atomic E-state index is 0.154. The fourth-order valence-corrected chi connectivity index (χ4v) is 4.93. The molecule has 0 aliphatic rings. The molecular weight excluding hydrogens is 599 g/mol. The highest BCUT2D eigenvalue weighted by Gasteiger charge is 2.23. The second-order valence-corrected chi connectivity index (χ2v) is 10.3. The summed E-state index contributed by atoms with van der Waals surface area (Å²) in [6, 6.07) is 28.0. The van der Waals surface area contributed by atoms with Gasteiger partial charge in [0.05, 0.1) is 25.8 Å². The van der Waals surface area contributed by atoms with Gasteiger partial charge in [0, 0.05) is 22.4 Å². The van der Waals surface area contributed by atoms with Crippen molar-refractivity contribution in [3.05, 3.63) is 112 Å². The quantitative estimate of drug-likeness (QED) is 0.136. The lowest BCUT2D eigenvalue weighted by Gasteiger charge is -2.14. The van der Waals surface area contributed by atoms with E-state index in [1.54, 1.807) is 44.7 Å². The molecule has 0 fully saturated rings. The third-order valence-corrected chi connectivity index (χ3v) is 7.22. The highest BCUT2D eigenvalue weighted by atomic mass is 35.5. The van der Waals surface area contributed by atoms with Gasteiger partial charge in [-0.05, 0) is 84.3 Å². The van der Waals surface area contributed by atoms with Crippen molar-refractivity contribution < 1.29 is 23.4 Å². The van der Waals surface area contributed by atoms with Gasteiger partial charge in [0.1, 0.15) is 35.5 Å². The van der Waals surface area contributed by atoms with E-state index in [1.807, 2.05) is 67.6 Å². The molecular formula is C35H28Cl2N2O5. The number of aliphatic imine (C=N–C) groups is 1. The van der Waals surface area contributed by atoms with Crippen molar-refractivity contribution in [3.8, 4) is 51.5 Å². The lowest BCUT2D eigenvalue weighted by molar-refractivity contribution is 0.269. The summed E-state index contributed by atoms with van der Waals surface area (Å²) in [4.78, 5) is 4.59. The summed E-state index contributed by atoms with van der Waals surface area (Å²) in [7, 11) is 3.21. The van der Waals surface area contributed by atoms with Crippen molar-refractivity contribution >= 4 is 35.3 Å². The van der Waals surface area contributed by atoms with Crippen LogP contribution in [0.5, 0.6) is 23.0 Å². The Bertz CT molecular complexity index is 1810. The van der Waals surface area contributed by atoms with E-state index in [2.05, 4.69) is 11.1 Å². The SMILES string of the molecule is CCOc1cc(/C=N/c2oc(-c3ccc(OC)cc3)c(-c3ccc(OC)cc3)c2C#N)cc(Cl)c1OCc1ccc(Cl)cc1. The van der Waals surface area contributed by atoms with Gasteiger partial charge in [0.2, 0.25) is 5.88 Å². The van der Waals surface area contributed by atoms with Crippen molar-refractivity contribution in [2.24, 2.45) is 4.99 Å². The normalized spacial score (nSPS) is 10.9. The van der Waals surface area contributed by atoms with Crippen LogP contribution in [0.3, 0.4) is 0 Å². The second kappa shape index (κ2) is 14.0. The molecule has 0 aliphatic heterocycles. The molecule has 0 aliphatic carbocycles. The van der Waals surface area contributed by atoms with Gasteiger partial charge in [-0.15, -0.1) is 0 Å². The minimum absolute atomic E-state index is 0.154. The highest BCUT2D eigenvalue weighted by molar-refractivity contribution is 6.32. The zero-order valence-electron chi connectivity index (χ0n) is 24.3. The number of nitriles is 1. The zero-order chi connectivity index (χ0) is 31.1. The monoisotopic (exact) mass is 626 g/mol. The molecule has 0 N–H and O–H groups in total. The van der Waals surface area contributed by atoms with Crippen LogP contribution < -0.4 is 18.9 Å². The maximum Gasteiger partial charge on any atom is 0.238 e. The molecule has 0 saturated heterocycles. The molecule has 1 heterocycles. The number of halogens is 2. The summed E-state index contributed by atoms with van der Waals surface area (Å²) in [6.45, 7) is 2.56. The van der Waals surface area contributed by atoms with E-state index in [0.717, 1.165) is 16.7 Å². The average Bonchev–Trinajstić information content (AvgIpc) is 3.43. The number of hydrogen-bond acceptors (Lipinski definition) is 7. The number of benzene rings is 4. The molecule has 0 amide bonds. The first-order chi connectivity index (χ1) is 21.4. The first-order valence-electron chi connectivity index (χ1n) is 13.7. The average molecular weight is 628 g/mol. The Morgan fingerprint density at radius 3 is 2.07 bits per heavy atom. The lowest BCUT2D eigenvalue weighted by atomic mass is 9.98.